The second-order valence-electron chi connectivity index (χ2n) is 6.39. The number of ether oxygens (including phenoxy) is 1. The average Bonchev–Trinajstić information content (AvgIpc) is 3.13. The number of aldehydes is 1. The van der Waals surface area contributed by atoms with Gasteiger partial charge in [0.05, 0.1) is 13.2 Å². The van der Waals surface area contributed by atoms with Crippen molar-refractivity contribution in [1.82, 2.24) is 10.2 Å². The van der Waals surface area contributed by atoms with Crippen molar-refractivity contribution in [2.75, 3.05) is 13.7 Å². The van der Waals surface area contributed by atoms with Crippen molar-refractivity contribution in [3.05, 3.63) is 0 Å². The first-order valence-electron chi connectivity index (χ1n) is 7.52. The smallest absolute Gasteiger partial charge is 0.408 e. The SMILES string of the molecule is COC(=O)NC(C#CC(C)C)C(=O)N1CC2(CC2)C[C@H]1C=O. The lowest BCUT2D eigenvalue weighted by Crippen LogP contribution is -2.50. The van der Waals surface area contributed by atoms with Crippen molar-refractivity contribution >= 4 is 18.3 Å². The van der Waals surface area contributed by atoms with E-state index in [1.54, 1.807) is 4.90 Å². The Morgan fingerprint density at radius 3 is 2.55 bits per heavy atom. The van der Waals surface area contributed by atoms with Gasteiger partial charge in [-0.2, -0.15) is 0 Å². The molecule has 1 aliphatic heterocycles. The zero-order valence-corrected chi connectivity index (χ0v) is 13.2. The molecule has 2 aliphatic rings. The van der Waals surface area contributed by atoms with E-state index >= 15 is 0 Å². The Bertz CT molecular complexity index is 528. The van der Waals surface area contributed by atoms with Gasteiger partial charge in [0.1, 0.15) is 6.29 Å². The number of carbonyl (C=O) groups is 3. The standard InChI is InChI=1S/C16H22N2O4/c1-11(2)4-5-13(17-15(21)22-3)14(20)18-10-16(6-7-16)8-12(18)9-19/h9,11-13H,6-8,10H2,1-3H3,(H,17,21)/t12-,13?/m0/s1. The van der Waals surface area contributed by atoms with E-state index in [4.69, 9.17) is 0 Å². The Labute approximate surface area is 130 Å². The van der Waals surface area contributed by atoms with Gasteiger partial charge in [-0.15, -0.1) is 0 Å². The van der Waals surface area contributed by atoms with Gasteiger partial charge in [-0.25, -0.2) is 4.79 Å². The Balaban J connectivity index is 2.15. The fraction of sp³-hybridized carbons (Fsp3) is 0.688. The summed E-state index contributed by atoms with van der Waals surface area (Å²) >= 11 is 0. The molecular formula is C16H22N2O4. The van der Waals surface area contributed by atoms with Gasteiger partial charge in [0.15, 0.2) is 6.04 Å². The van der Waals surface area contributed by atoms with E-state index in [1.807, 2.05) is 13.8 Å². The minimum atomic E-state index is -0.980. The quantitative estimate of drug-likeness (QED) is 0.622. The van der Waals surface area contributed by atoms with Crippen LogP contribution in [0.5, 0.6) is 0 Å². The van der Waals surface area contributed by atoms with E-state index in [2.05, 4.69) is 21.9 Å². The van der Waals surface area contributed by atoms with Crippen LogP contribution in [0.15, 0.2) is 0 Å². The van der Waals surface area contributed by atoms with E-state index in [-0.39, 0.29) is 17.2 Å². The highest BCUT2D eigenvalue weighted by atomic mass is 16.5. The van der Waals surface area contributed by atoms with Gasteiger partial charge in [-0.1, -0.05) is 25.7 Å². The zero-order valence-electron chi connectivity index (χ0n) is 13.2. The number of nitrogens with one attached hydrogen (secondary N) is 1. The molecule has 1 N–H and O–H groups in total. The molecule has 2 atom stereocenters. The van der Waals surface area contributed by atoms with Crippen LogP contribution in [0.1, 0.15) is 33.1 Å². The van der Waals surface area contributed by atoms with Crippen LogP contribution in [0, 0.1) is 23.2 Å². The third-order valence-corrected chi connectivity index (χ3v) is 4.16. The molecule has 2 rings (SSSR count). The van der Waals surface area contributed by atoms with E-state index in [1.165, 1.54) is 7.11 Å². The number of rotatable bonds is 3. The zero-order chi connectivity index (χ0) is 16.3. The third-order valence-electron chi connectivity index (χ3n) is 4.16. The summed E-state index contributed by atoms with van der Waals surface area (Å²) in [6.45, 7) is 4.36. The fourth-order valence-electron chi connectivity index (χ4n) is 2.75. The van der Waals surface area contributed by atoms with E-state index in [9.17, 15) is 14.4 Å². The van der Waals surface area contributed by atoms with Crippen LogP contribution < -0.4 is 5.32 Å². The van der Waals surface area contributed by atoms with Gasteiger partial charge in [-0.05, 0) is 24.7 Å². The molecule has 0 bridgehead atoms. The molecule has 2 fully saturated rings. The Morgan fingerprint density at radius 2 is 2.05 bits per heavy atom. The summed E-state index contributed by atoms with van der Waals surface area (Å²) in [4.78, 5) is 36.9. The van der Waals surface area contributed by atoms with Crippen molar-refractivity contribution < 1.29 is 19.1 Å². The predicted octanol–water partition coefficient (Wildman–Crippen LogP) is 0.950. The molecule has 1 unspecified atom stereocenters. The van der Waals surface area contributed by atoms with Crippen LogP contribution in [0.2, 0.25) is 0 Å². The lowest BCUT2D eigenvalue weighted by atomic mass is 10.0. The Morgan fingerprint density at radius 1 is 1.36 bits per heavy atom. The number of carbonyl (C=O) groups excluding carboxylic acids is 3. The van der Waals surface area contributed by atoms with Gasteiger partial charge in [0.2, 0.25) is 0 Å². The number of hydrogen-bond donors (Lipinski definition) is 1. The van der Waals surface area contributed by atoms with Crippen LogP contribution in [0.3, 0.4) is 0 Å². The van der Waals surface area contributed by atoms with E-state index in [0.717, 1.165) is 19.1 Å². The fourth-order valence-corrected chi connectivity index (χ4v) is 2.75. The molecule has 1 saturated heterocycles. The third kappa shape index (κ3) is 3.59. The molecule has 0 radical (unpaired) electrons. The summed E-state index contributed by atoms with van der Waals surface area (Å²) in [5.41, 5.74) is 0.114. The molecule has 22 heavy (non-hydrogen) atoms. The second-order valence-corrected chi connectivity index (χ2v) is 6.39. The van der Waals surface area contributed by atoms with Crippen molar-refractivity contribution in [2.45, 2.75) is 45.2 Å². The highest BCUT2D eigenvalue weighted by Crippen LogP contribution is 2.54. The molecule has 1 heterocycles. The number of alkyl carbamates (subject to hydrolysis) is 1. The molecule has 6 heteroatoms. The molecule has 0 aromatic carbocycles. The maximum atomic E-state index is 12.7. The van der Waals surface area contributed by atoms with Crippen molar-refractivity contribution in [3.8, 4) is 11.8 Å². The Hall–Kier alpha value is -2.03. The van der Waals surface area contributed by atoms with Crippen LogP contribution in [0.4, 0.5) is 4.79 Å². The molecular weight excluding hydrogens is 284 g/mol. The maximum Gasteiger partial charge on any atom is 0.408 e. The summed E-state index contributed by atoms with van der Waals surface area (Å²) in [6, 6.07) is -1.40. The summed E-state index contributed by atoms with van der Waals surface area (Å²) in [6.07, 6.45) is 2.92. The molecule has 6 nitrogen and oxygen atoms in total. The highest BCUT2D eigenvalue weighted by molar-refractivity contribution is 5.90. The topological polar surface area (TPSA) is 75.7 Å². The average molecular weight is 306 g/mol. The van der Waals surface area contributed by atoms with Gasteiger partial charge >= 0.3 is 6.09 Å². The first kappa shape index (κ1) is 16.3. The van der Waals surface area contributed by atoms with Gasteiger partial charge in [-0.3, -0.25) is 10.1 Å². The van der Waals surface area contributed by atoms with Gasteiger partial charge in [0, 0.05) is 12.5 Å². The first-order chi connectivity index (χ1) is 10.4. The molecule has 1 spiro atoms. The molecule has 0 aromatic heterocycles. The minimum absolute atomic E-state index is 0.0740. The number of nitrogens with zero attached hydrogens (tertiary/aromatic N) is 1. The molecule has 1 aliphatic carbocycles. The normalized spacial score (nSPS) is 22.7. The summed E-state index contributed by atoms with van der Waals surface area (Å²) in [5, 5.41) is 2.45. The number of likely N-dealkylation sites (tertiary alicyclic amines) is 1. The number of amides is 2. The lowest BCUT2D eigenvalue weighted by molar-refractivity contribution is -0.135. The molecule has 1 saturated carbocycles. The van der Waals surface area contributed by atoms with Crippen molar-refractivity contribution in [2.24, 2.45) is 11.3 Å². The van der Waals surface area contributed by atoms with Crippen LogP contribution in [-0.2, 0) is 14.3 Å². The van der Waals surface area contributed by atoms with Crippen LogP contribution in [0.25, 0.3) is 0 Å². The van der Waals surface area contributed by atoms with Crippen molar-refractivity contribution in [1.29, 1.82) is 0 Å². The van der Waals surface area contributed by atoms with Gasteiger partial charge < -0.3 is 14.4 Å². The first-order valence-corrected chi connectivity index (χ1v) is 7.52. The lowest BCUT2D eigenvalue weighted by Gasteiger charge is -2.24. The number of methoxy groups -OCH3 is 1. The highest BCUT2D eigenvalue weighted by Gasteiger charge is 2.53. The largest absolute Gasteiger partial charge is 0.453 e. The second kappa shape index (κ2) is 6.39. The molecule has 2 amide bonds. The van der Waals surface area contributed by atoms with Crippen molar-refractivity contribution in [3.63, 3.8) is 0 Å². The molecule has 0 aromatic rings. The summed E-state index contributed by atoms with van der Waals surface area (Å²) < 4.78 is 4.55. The summed E-state index contributed by atoms with van der Waals surface area (Å²) in [5.74, 6) is 5.42. The molecule has 120 valence electrons. The maximum absolute atomic E-state index is 12.7. The van der Waals surface area contributed by atoms with Crippen LogP contribution >= 0.6 is 0 Å². The van der Waals surface area contributed by atoms with Crippen LogP contribution in [-0.4, -0.2) is 48.9 Å². The Kier molecular flexibility index (Phi) is 4.74. The number of hydrogen-bond acceptors (Lipinski definition) is 4. The monoisotopic (exact) mass is 306 g/mol. The summed E-state index contributed by atoms with van der Waals surface area (Å²) in [7, 11) is 1.23. The predicted molar refractivity (Wildman–Crippen MR) is 79.8 cm³/mol. The van der Waals surface area contributed by atoms with Gasteiger partial charge in [0.25, 0.3) is 5.91 Å². The van der Waals surface area contributed by atoms with E-state index in [0.29, 0.717) is 13.0 Å². The van der Waals surface area contributed by atoms with E-state index < -0.39 is 18.2 Å². The minimum Gasteiger partial charge on any atom is -0.453 e.